The van der Waals surface area contributed by atoms with E-state index in [0.717, 1.165) is 25.0 Å². The van der Waals surface area contributed by atoms with Crippen LogP contribution in [0.1, 0.15) is 51.5 Å². The molecule has 1 rings (SSSR count). The van der Waals surface area contributed by atoms with Crippen LogP contribution in [-0.2, 0) is 12.8 Å². The number of aryl methyl sites for hydroxylation is 1. The topological polar surface area (TPSA) is 43.8 Å². The molecule has 0 aliphatic rings. The van der Waals surface area contributed by atoms with E-state index < -0.39 is 0 Å². The fourth-order valence-electron chi connectivity index (χ4n) is 1.81. The van der Waals surface area contributed by atoms with Gasteiger partial charge in [0.1, 0.15) is 0 Å². The predicted molar refractivity (Wildman–Crippen MR) is 64.0 cm³/mol. The maximum atomic E-state index is 5.78. The summed E-state index contributed by atoms with van der Waals surface area (Å²) in [5.74, 6) is 0. The molecule has 0 amide bonds. The zero-order chi connectivity index (χ0) is 11.4. The summed E-state index contributed by atoms with van der Waals surface area (Å²) in [6.07, 6.45) is 3.14. The van der Waals surface area contributed by atoms with Crippen molar-refractivity contribution in [1.29, 1.82) is 0 Å². The summed E-state index contributed by atoms with van der Waals surface area (Å²) >= 11 is 0. The van der Waals surface area contributed by atoms with Crippen molar-refractivity contribution in [2.45, 2.75) is 59.0 Å². The molecule has 0 aliphatic heterocycles. The van der Waals surface area contributed by atoms with Crippen LogP contribution in [0.5, 0.6) is 0 Å². The Balaban J connectivity index is 2.88. The molecule has 0 spiro atoms. The molecule has 0 saturated heterocycles. The van der Waals surface area contributed by atoms with Crippen molar-refractivity contribution in [2.75, 3.05) is 0 Å². The third-order valence-electron chi connectivity index (χ3n) is 2.39. The number of hydrogen-bond donors (Lipinski definition) is 1. The van der Waals surface area contributed by atoms with Gasteiger partial charge >= 0.3 is 0 Å². The SMILES string of the molecule is CCCc1cc(CC(C)N)nn1C(C)C. The van der Waals surface area contributed by atoms with E-state index >= 15 is 0 Å². The summed E-state index contributed by atoms with van der Waals surface area (Å²) in [6.45, 7) is 8.56. The largest absolute Gasteiger partial charge is 0.328 e. The van der Waals surface area contributed by atoms with Crippen LogP contribution >= 0.6 is 0 Å². The summed E-state index contributed by atoms with van der Waals surface area (Å²) in [6, 6.07) is 2.83. The van der Waals surface area contributed by atoms with Gasteiger partial charge in [-0.15, -0.1) is 0 Å². The maximum absolute atomic E-state index is 5.78. The van der Waals surface area contributed by atoms with Crippen molar-refractivity contribution in [3.05, 3.63) is 17.5 Å². The molecule has 1 unspecified atom stereocenters. The van der Waals surface area contributed by atoms with E-state index in [-0.39, 0.29) is 6.04 Å². The Kier molecular flexibility index (Phi) is 4.33. The van der Waals surface area contributed by atoms with Crippen LogP contribution in [0.4, 0.5) is 0 Å². The molecule has 1 aromatic heterocycles. The van der Waals surface area contributed by atoms with Crippen molar-refractivity contribution >= 4 is 0 Å². The van der Waals surface area contributed by atoms with Gasteiger partial charge in [-0.05, 0) is 33.3 Å². The number of nitrogens with two attached hydrogens (primary N) is 1. The molecule has 0 saturated carbocycles. The fourth-order valence-corrected chi connectivity index (χ4v) is 1.81. The first-order chi connectivity index (χ1) is 7.04. The normalized spacial score (nSPS) is 13.5. The third kappa shape index (κ3) is 3.34. The molecule has 1 atom stereocenters. The lowest BCUT2D eigenvalue weighted by Gasteiger charge is -2.09. The van der Waals surface area contributed by atoms with Crippen LogP contribution in [0, 0.1) is 0 Å². The van der Waals surface area contributed by atoms with Gasteiger partial charge in [0, 0.05) is 24.2 Å². The highest BCUT2D eigenvalue weighted by Gasteiger charge is 2.10. The van der Waals surface area contributed by atoms with Crippen molar-refractivity contribution in [1.82, 2.24) is 9.78 Å². The quantitative estimate of drug-likeness (QED) is 0.808. The smallest absolute Gasteiger partial charge is 0.0642 e. The second-order valence-corrected chi connectivity index (χ2v) is 4.60. The molecule has 86 valence electrons. The second kappa shape index (κ2) is 5.31. The minimum absolute atomic E-state index is 0.190. The van der Waals surface area contributed by atoms with Gasteiger partial charge in [-0.25, -0.2) is 0 Å². The molecular formula is C12H23N3. The molecule has 3 heteroatoms. The predicted octanol–water partition coefficient (Wildman–Crippen LogP) is 2.31. The van der Waals surface area contributed by atoms with Gasteiger partial charge in [0.25, 0.3) is 0 Å². The monoisotopic (exact) mass is 209 g/mol. The van der Waals surface area contributed by atoms with Crippen molar-refractivity contribution < 1.29 is 0 Å². The Labute approximate surface area is 92.7 Å². The van der Waals surface area contributed by atoms with Crippen molar-refractivity contribution in [3.63, 3.8) is 0 Å². The van der Waals surface area contributed by atoms with Crippen LogP contribution in [0.15, 0.2) is 6.07 Å². The average molecular weight is 209 g/mol. The van der Waals surface area contributed by atoms with E-state index in [4.69, 9.17) is 5.73 Å². The Morgan fingerprint density at radius 2 is 2.07 bits per heavy atom. The lowest BCUT2D eigenvalue weighted by molar-refractivity contribution is 0.500. The summed E-state index contributed by atoms with van der Waals surface area (Å²) in [7, 11) is 0. The van der Waals surface area contributed by atoms with Gasteiger partial charge in [-0.2, -0.15) is 5.10 Å². The number of rotatable bonds is 5. The summed E-state index contributed by atoms with van der Waals surface area (Å²) < 4.78 is 2.13. The Morgan fingerprint density at radius 3 is 2.53 bits per heavy atom. The Morgan fingerprint density at radius 1 is 1.40 bits per heavy atom. The third-order valence-corrected chi connectivity index (χ3v) is 2.39. The molecule has 0 radical (unpaired) electrons. The highest BCUT2D eigenvalue weighted by molar-refractivity contribution is 5.12. The van der Waals surface area contributed by atoms with Crippen molar-refractivity contribution in [2.24, 2.45) is 5.73 Å². The minimum Gasteiger partial charge on any atom is -0.328 e. The van der Waals surface area contributed by atoms with E-state index in [9.17, 15) is 0 Å². The average Bonchev–Trinajstić information content (AvgIpc) is 2.47. The van der Waals surface area contributed by atoms with Crippen LogP contribution < -0.4 is 5.73 Å². The molecule has 0 bridgehead atoms. The van der Waals surface area contributed by atoms with Crippen LogP contribution in [0.2, 0.25) is 0 Å². The first-order valence-corrected chi connectivity index (χ1v) is 5.87. The molecule has 3 nitrogen and oxygen atoms in total. The molecule has 2 N–H and O–H groups in total. The first kappa shape index (κ1) is 12.2. The van der Waals surface area contributed by atoms with E-state index in [1.807, 2.05) is 6.92 Å². The van der Waals surface area contributed by atoms with E-state index in [0.29, 0.717) is 6.04 Å². The Bertz CT molecular complexity index is 300. The summed E-state index contributed by atoms with van der Waals surface area (Å²) in [4.78, 5) is 0. The van der Waals surface area contributed by atoms with Crippen LogP contribution in [0.25, 0.3) is 0 Å². The molecule has 1 aromatic rings. The number of nitrogens with zero attached hydrogens (tertiary/aromatic N) is 2. The first-order valence-electron chi connectivity index (χ1n) is 5.87. The molecule has 1 heterocycles. The Hall–Kier alpha value is -0.830. The van der Waals surface area contributed by atoms with E-state index in [2.05, 4.69) is 36.6 Å². The molecule has 15 heavy (non-hydrogen) atoms. The van der Waals surface area contributed by atoms with Crippen LogP contribution in [0.3, 0.4) is 0 Å². The number of aromatic nitrogens is 2. The highest BCUT2D eigenvalue weighted by Crippen LogP contribution is 2.14. The maximum Gasteiger partial charge on any atom is 0.0642 e. The molecule has 0 fully saturated rings. The molecule has 0 aliphatic carbocycles. The number of hydrogen-bond acceptors (Lipinski definition) is 2. The second-order valence-electron chi connectivity index (χ2n) is 4.60. The highest BCUT2D eigenvalue weighted by atomic mass is 15.3. The zero-order valence-corrected chi connectivity index (χ0v) is 10.3. The van der Waals surface area contributed by atoms with Gasteiger partial charge in [-0.1, -0.05) is 13.3 Å². The van der Waals surface area contributed by atoms with E-state index in [1.54, 1.807) is 0 Å². The van der Waals surface area contributed by atoms with E-state index in [1.165, 1.54) is 5.69 Å². The van der Waals surface area contributed by atoms with Crippen LogP contribution in [-0.4, -0.2) is 15.8 Å². The van der Waals surface area contributed by atoms with Gasteiger partial charge in [0.05, 0.1) is 5.69 Å². The minimum atomic E-state index is 0.190. The fraction of sp³-hybridized carbons (Fsp3) is 0.750. The van der Waals surface area contributed by atoms with Gasteiger partial charge < -0.3 is 5.73 Å². The lowest BCUT2D eigenvalue weighted by Crippen LogP contribution is -2.18. The summed E-state index contributed by atoms with van der Waals surface area (Å²) in [5, 5.41) is 4.61. The van der Waals surface area contributed by atoms with Gasteiger partial charge in [0.2, 0.25) is 0 Å². The van der Waals surface area contributed by atoms with Crippen molar-refractivity contribution in [3.8, 4) is 0 Å². The standard InChI is InChI=1S/C12H23N3/c1-5-6-12-8-11(7-10(4)13)14-15(12)9(2)3/h8-10H,5-7,13H2,1-4H3. The molecular weight excluding hydrogens is 186 g/mol. The molecule has 0 aromatic carbocycles. The lowest BCUT2D eigenvalue weighted by atomic mass is 10.1. The zero-order valence-electron chi connectivity index (χ0n) is 10.3. The van der Waals surface area contributed by atoms with Gasteiger partial charge in [0.15, 0.2) is 0 Å². The summed E-state index contributed by atoms with van der Waals surface area (Å²) in [5.41, 5.74) is 8.25. The van der Waals surface area contributed by atoms with Gasteiger partial charge in [-0.3, -0.25) is 4.68 Å².